The number of para-hydroxylation sites is 1. The molecule has 0 aliphatic carbocycles. The Kier molecular flexibility index (Phi) is 10.2. The molecular weight excluding hydrogens is 845 g/mol. The molecule has 0 radical (unpaired) electrons. The first-order chi connectivity index (χ1) is 34.7. The molecule has 0 amide bonds. The fourth-order valence-corrected chi connectivity index (χ4v) is 10.5. The summed E-state index contributed by atoms with van der Waals surface area (Å²) in [5, 5.41) is 7.54. The molecule has 1 heterocycles. The van der Waals surface area contributed by atoms with Gasteiger partial charge in [-0.05, 0) is 144 Å². The zero-order valence-electron chi connectivity index (χ0n) is 38.5. The van der Waals surface area contributed by atoms with Crippen LogP contribution < -0.4 is 4.90 Å². The van der Waals surface area contributed by atoms with Crippen LogP contribution in [0.1, 0.15) is 0 Å². The molecule has 0 saturated carbocycles. The summed E-state index contributed by atoms with van der Waals surface area (Å²) >= 11 is 0. The highest BCUT2D eigenvalue weighted by Crippen LogP contribution is 2.42. The maximum absolute atomic E-state index is 2.44. The van der Waals surface area contributed by atoms with E-state index in [1.807, 2.05) is 0 Å². The van der Waals surface area contributed by atoms with Crippen molar-refractivity contribution in [2.75, 3.05) is 4.90 Å². The molecule has 0 saturated heterocycles. The molecule has 13 aromatic rings. The second-order valence-corrected chi connectivity index (χ2v) is 18.1. The van der Waals surface area contributed by atoms with Crippen LogP contribution in [-0.2, 0) is 0 Å². The Labute approximate surface area is 408 Å². The van der Waals surface area contributed by atoms with Gasteiger partial charge in [0.05, 0.1) is 11.0 Å². The molecular formula is C68H46N2. The highest BCUT2D eigenvalue weighted by Gasteiger charge is 2.19. The lowest BCUT2D eigenvalue weighted by Gasteiger charge is -2.26. The van der Waals surface area contributed by atoms with Crippen LogP contribution in [0.5, 0.6) is 0 Å². The van der Waals surface area contributed by atoms with Crippen molar-refractivity contribution in [3.05, 3.63) is 279 Å². The third-order valence-corrected chi connectivity index (χ3v) is 14.0. The normalized spacial score (nSPS) is 11.4. The van der Waals surface area contributed by atoms with Gasteiger partial charge < -0.3 is 9.47 Å². The molecule has 0 fully saturated rings. The largest absolute Gasteiger partial charge is 0.310 e. The van der Waals surface area contributed by atoms with Crippen LogP contribution in [0.15, 0.2) is 279 Å². The number of aromatic nitrogens is 1. The summed E-state index contributed by atoms with van der Waals surface area (Å²) in [6, 6.07) is 102. The van der Waals surface area contributed by atoms with E-state index in [-0.39, 0.29) is 0 Å². The summed E-state index contributed by atoms with van der Waals surface area (Å²) in [7, 11) is 0. The van der Waals surface area contributed by atoms with Gasteiger partial charge in [-0.1, -0.05) is 212 Å². The lowest BCUT2D eigenvalue weighted by molar-refractivity contribution is 1.19. The van der Waals surface area contributed by atoms with Crippen LogP contribution in [0.25, 0.3) is 105 Å². The summed E-state index contributed by atoms with van der Waals surface area (Å²) in [5.74, 6) is 0. The first-order valence-corrected chi connectivity index (χ1v) is 24.1. The smallest absolute Gasteiger partial charge is 0.0547 e. The van der Waals surface area contributed by atoms with Gasteiger partial charge in [0.15, 0.2) is 0 Å². The number of rotatable bonds is 9. The SMILES string of the molecule is c1ccc(-c2ccc(-c3ccc(N(c4ccc(-c5ccccc5)cc4)c4cccc(-c5cccc(-c6cccc7c6c6ccccc6n7-c6ccc7c(ccc8ccccc87)c6)c5)c4)cc3)cc2)cc1. The van der Waals surface area contributed by atoms with E-state index in [2.05, 4.69) is 289 Å². The molecule has 12 aromatic carbocycles. The maximum atomic E-state index is 2.44. The van der Waals surface area contributed by atoms with Crippen LogP contribution in [0.2, 0.25) is 0 Å². The molecule has 13 rings (SSSR count). The molecule has 0 aliphatic rings. The van der Waals surface area contributed by atoms with Crippen molar-refractivity contribution >= 4 is 60.4 Å². The number of benzene rings is 12. The minimum absolute atomic E-state index is 1.09. The third kappa shape index (κ3) is 7.40. The molecule has 0 unspecified atom stereocenters. The van der Waals surface area contributed by atoms with Gasteiger partial charge in [-0.15, -0.1) is 0 Å². The number of anilines is 3. The fourth-order valence-electron chi connectivity index (χ4n) is 10.5. The molecule has 328 valence electrons. The van der Waals surface area contributed by atoms with Crippen LogP contribution in [0.3, 0.4) is 0 Å². The molecule has 0 N–H and O–H groups in total. The zero-order valence-corrected chi connectivity index (χ0v) is 38.5. The van der Waals surface area contributed by atoms with Crippen molar-refractivity contribution in [2.24, 2.45) is 0 Å². The van der Waals surface area contributed by atoms with E-state index >= 15 is 0 Å². The minimum Gasteiger partial charge on any atom is -0.310 e. The Morgan fingerprint density at radius 2 is 0.714 bits per heavy atom. The van der Waals surface area contributed by atoms with Crippen molar-refractivity contribution in [3.8, 4) is 61.3 Å². The Morgan fingerprint density at radius 3 is 1.39 bits per heavy atom. The number of nitrogens with zero attached hydrogens (tertiary/aromatic N) is 2. The topological polar surface area (TPSA) is 8.17 Å². The Hall–Kier alpha value is -9.24. The first kappa shape index (κ1) is 41.0. The molecule has 0 spiro atoms. The van der Waals surface area contributed by atoms with E-state index < -0.39 is 0 Å². The lowest BCUT2D eigenvalue weighted by atomic mass is 9.95. The summed E-state index contributed by atoms with van der Waals surface area (Å²) in [5.41, 5.74) is 18.7. The van der Waals surface area contributed by atoms with Gasteiger partial charge in [-0.3, -0.25) is 0 Å². The minimum atomic E-state index is 1.09. The van der Waals surface area contributed by atoms with E-state index in [4.69, 9.17) is 0 Å². The summed E-state index contributed by atoms with van der Waals surface area (Å²) < 4.78 is 2.44. The van der Waals surface area contributed by atoms with Crippen molar-refractivity contribution in [3.63, 3.8) is 0 Å². The van der Waals surface area contributed by atoms with Gasteiger partial charge in [-0.25, -0.2) is 0 Å². The van der Waals surface area contributed by atoms with Crippen LogP contribution in [0, 0.1) is 0 Å². The Balaban J connectivity index is 0.877. The van der Waals surface area contributed by atoms with Gasteiger partial charge in [-0.2, -0.15) is 0 Å². The van der Waals surface area contributed by atoms with Crippen molar-refractivity contribution < 1.29 is 0 Å². The van der Waals surface area contributed by atoms with Crippen molar-refractivity contribution in [1.29, 1.82) is 0 Å². The van der Waals surface area contributed by atoms with Gasteiger partial charge in [0.25, 0.3) is 0 Å². The predicted molar refractivity (Wildman–Crippen MR) is 298 cm³/mol. The van der Waals surface area contributed by atoms with E-state index in [9.17, 15) is 0 Å². The number of hydrogen-bond donors (Lipinski definition) is 0. The molecule has 1 aromatic heterocycles. The molecule has 0 bridgehead atoms. The fraction of sp³-hybridized carbons (Fsp3) is 0. The second-order valence-electron chi connectivity index (χ2n) is 18.1. The Morgan fingerprint density at radius 1 is 0.243 bits per heavy atom. The van der Waals surface area contributed by atoms with Crippen LogP contribution in [-0.4, -0.2) is 4.57 Å². The molecule has 2 nitrogen and oxygen atoms in total. The van der Waals surface area contributed by atoms with Gasteiger partial charge in [0.2, 0.25) is 0 Å². The zero-order chi connectivity index (χ0) is 46.4. The molecule has 2 heteroatoms. The molecule has 0 aliphatic heterocycles. The van der Waals surface area contributed by atoms with Gasteiger partial charge in [0.1, 0.15) is 0 Å². The lowest BCUT2D eigenvalue weighted by Crippen LogP contribution is -2.10. The Bertz CT molecular complexity index is 4020. The van der Waals surface area contributed by atoms with E-state index in [1.165, 1.54) is 87.9 Å². The number of fused-ring (bicyclic) bond motifs is 6. The van der Waals surface area contributed by atoms with Crippen LogP contribution >= 0.6 is 0 Å². The predicted octanol–water partition coefficient (Wildman–Crippen LogP) is 18.9. The van der Waals surface area contributed by atoms with E-state index in [0.29, 0.717) is 0 Å². The standard InChI is InChI=1S/C68H46N2/c1-3-14-47(15-4-1)49-28-30-50(31-29-49)52-36-40-59(41-37-52)69(58-38-34-51(35-39-58)48-16-5-2-6-17-48)60-22-12-20-55(45-60)54-19-11-21-56(44-54)64-25-13-27-67-68(64)65-24-9-10-26-66(65)70(67)61-42-43-63-57(46-61)33-32-53-18-7-8-23-62(53)63/h1-46H. The quantitative estimate of drug-likeness (QED) is 0.131. The first-order valence-electron chi connectivity index (χ1n) is 24.1. The highest BCUT2D eigenvalue weighted by atomic mass is 15.1. The van der Waals surface area contributed by atoms with Gasteiger partial charge in [0, 0.05) is 33.5 Å². The summed E-state index contributed by atoms with van der Waals surface area (Å²) in [6.45, 7) is 0. The average molecular weight is 891 g/mol. The highest BCUT2D eigenvalue weighted by molar-refractivity contribution is 6.16. The van der Waals surface area contributed by atoms with Crippen molar-refractivity contribution in [1.82, 2.24) is 4.57 Å². The number of hydrogen-bond acceptors (Lipinski definition) is 1. The van der Waals surface area contributed by atoms with Crippen LogP contribution in [0.4, 0.5) is 17.1 Å². The molecule has 70 heavy (non-hydrogen) atoms. The molecule has 0 atom stereocenters. The third-order valence-electron chi connectivity index (χ3n) is 14.0. The van der Waals surface area contributed by atoms with Crippen molar-refractivity contribution in [2.45, 2.75) is 0 Å². The van der Waals surface area contributed by atoms with Gasteiger partial charge >= 0.3 is 0 Å². The van der Waals surface area contributed by atoms with E-state index in [0.717, 1.165) is 33.9 Å². The summed E-state index contributed by atoms with van der Waals surface area (Å²) in [6.07, 6.45) is 0. The maximum Gasteiger partial charge on any atom is 0.0547 e. The summed E-state index contributed by atoms with van der Waals surface area (Å²) in [4.78, 5) is 2.37. The second kappa shape index (κ2) is 17.4. The average Bonchev–Trinajstić information content (AvgIpc) is 3.79. The monoisotopic (exact) mass is 890 g/mol. The van der Waals surface area contributed by atoms with E-state index in [1.54, 1.807) is 0 Å².